The standard InChI is InChI=1S/C12H23N3O3S/c1-13(8-11-4-7-18-10-11)5-6-14(2)12(19-3)9-15(16)17/h9,11H,4-8,10H2,1-3H3. The molecule has 1 unspecified atom stereocenters. The van der Waals surface area contributed by atoms with Gasteiger partial charge in [0.1, 0.15) is 5.03 Å². The molecule has 6 nitrogen and oxygen atoms in total. The van der Waals surface area contributed by atoms with Crippen molar-refractivity contribution >= 4 is 11.8 Å². The first-order valence-corrected chi connectivity index (χ1v) is 7.62. The van der Waals surface area contributed by atoms with E-state index < -0.39 is 4.92 Å². The SMILES string of the molecule is CSC(=C[N+](=O)[O-])N(C)CCN(C)CC1CCOC1. The Kier molecular flexibility index (Phi) is 7.19. The van der Waals surface area contributed by atoms with Crippen molar-refractivity contribution in [2.45, 2.75) is 6.42 Å². The Balaban J connectivity index is 2.31. The van der Waals surface area contributed by atoms with E-state index in [9.17, 15) is 10.1 Å². The number of hydrogen-bond donors (Lipinski definition) is 0. The third-order valence-electron chi connectivity index (χ3n) is 3.21. The van der Waals surface area contributed by atoms with E-state index in [4.69, 9.17) is 4.74 Å². The number of hydrogen-bond acceptors (Lipinski definition) is 6. The fourth-order valence-electron chi connectivity index (χ4n) is 2.09. The van der Waals surface area contributed by atoms with Crippen molar-refractivity contribution in [3.8, 4) is 0 Å². The molecule has 0 amide bonds. The molecule has 0 radical (unpaired) electrons. The Labute approximate surface area is 118 Å². The summed E-state index contributed by atoms with van der Waals surface area (Å²) >= 11 is 1.40. The second-order valence-electron chi connectivity index (χ2n) is 4.87. The molecule has 1 fully saturated rings. The first-order chi connectivity index (χ1) is 9.02. The van der Waals surface area contributed by atoms with Gasteiger partial charge in [0.25, 0.3) is 6.20 Å². The predicted octanol–water partition coefficient (Wildman–Crippen LogP) is 1.33. The Bertz CT molecular complexity index is 319. The molecule has 7 heteroatoms. The van der Waals surface area contributed by atoms with Crippen molar-refractivity contribution in [3.63, 3.8) is 0 Å². The second-order valence-corrected chi connectivity index (χ2v) is 5.70. The summed E-state index contributed by atoms with van der Waals surface area (Å²) in [5.74, 6) is 0.629. The van der Waals surface area contributed by atoms with Crippen LogP contribution < -0.4 is 0 Å². The van der Waals surface area contributed by atoms with Gasteiger partial charge >= 0.3 is 0 Å². The van der Waals surface area contributed by atoms with Crippen LogP contribution in [0.25, 0.3) is 0 Å². The zero-order valence-electron chi connectivity index (χ0n) is 11.9. The normalized spacial score (nSPS) is 20.0. The summed E-state index contributed by atoms with van der Waals surface area (Å²) in [7, 11) is 3.97. The van der Waals surface area contributed by atoms with E-state index in [-0.39, 0.29) is 0 Å². The average Bonchev–Trinajstić information content (AvgIpc) is 2.85. The van der Waals surface area contributed by atoms with Crippen LogP contribution in [0.3, 0.4) is 0 Å². The van der Waals surface area contributed by atoms with Crippen LogP contribution in [-0.2, 0) is 4.74 Å². The van der Waals surface area contributed by atoms with Crippen molar-refractivity contribution in [3.05, 3.63) is 21.3 Å². The zero-order valence-corrected chi connectivity index (χ0v) is 12.7. The molecule has 1 aliphatic rings. The van der Waals surface area contributed by atoms with Gasteiger partial charge < -0.3 is 14.5 Å². The van der Waals surface area contributed by atoms with Gasteiger partial charge in [-0.25, -0.2) is 0 Å². The summed E-state index contributed by atoms with van der Waals surface area (Å²) in [5.41, 5.74) is 0. The van der Waals surface area contributed by atoms with Gasteiger partial charge in [-0.3, -0.25) is 10.1 Å². The summed E-state index contributed by atoms with van der Waals surface area (Å²) in [4.78, 5) is 14.3. The third kappa shape index (κ3) is 6.26. The minimum atomic E-state index is -0.401. The molecule has 0 aromatic carbocycles. The summed E-state index contributed by atoms with van der Waals surface area (Å²) < 4.78 is 5.36. The molecule has 0 aromatic heterocycles. The van der Waals surface area contributed by atoms with Gasteiger partial charge in [-0.05, 0) is 25.6 Å². The highest BCUT2D eigenvalue weighted by atomic mass is 32.2. The summed E-state index contributed by atoms with van der Waals surface area (Å²) in [6.45, 7) is 4.44. The first kappa shape index (κ1) is 16.3. The van der Waals surface area contributed by atoms with Crippen LogP contribution >= 0.6 is 11.8 Å². The Morgan fingerprint density at radius 2 is 2.26 bits per heavy atom. The Hall–Kier alpha value is -0.790. The van der Waals surface area contributed by atoms with Crippen LogP contribution in [0, 0.1) is 16.0 Å². The summed E-state index contributed by atoms with van der Waals surface area (Å²) in [6.07, 6.45) is 4.05. The average molecular weight is 289 g/mol. The molecule has 0 aliphatic carbocycles. The van der Waals surface area contributed by atoms with Crippen molar-refractivity contribution in [1.29, 1.82) is 0 Å². The fourth-order valence-corrected chi connectivity index (χ4v) is 2.68. The highest BCUT2D eigenvalue weighted by molar-refractivity contribution is 8.02. The molecule has 0 N–H and O–H groups in total. The van der Waals surface area contributed by atoms with Gasteiger partial charge in [0.15, 0.2) is 0 Å². The molecule has 1 saturated heterocycles. The molecule has 1 rings (SSSR count). The van der Waals surface area contributed by atoms with Crippen molar-refractivity contribution in [2.75, 3.05) is 53.2 Å². The smallest absolute Gasteiger partial charge is 0.264 e. The maximum atomic E-state index is 10.5. The van der Waals surface area contributed by atoms with Gasteiger partial charge in [-0.1, -0.05) is 0 Å². The number of rotatable bonds is 8. The van der Waals surface area contributed by atoms with Crippen molar-refractivity contribution in [2.24, 2.45) is 5.92 Å². The van der Waals surface area contributed by atoms with Crippen LogP contribution in [0.4, 0.5) is 0 Å². The molecule has 1 atom stereocenters. The molecular weight excluding hydrogens is 266 g/mol. The van der Waals surface area contributed by atoms with Crippen molar-refractivity contribution in [1.82, 2.24) is 9.80 Å². The highest BCUT2D eigenvalue weighted by Gasteiger charge is 2.17. The number of likely N-dealkylation sites (N-methyl/N-ethyl adjacent to an activating group) is 2. The molecule has 110 valence electrons. The molecular formula is C12H23N3O3S. The maximum Gasteiger partial charge on any atom is 0.264 e. The van der Waals surface area contributed by atoms with Gasteiger partial charge in [-0.15, -0.1) is 11.8 Å². The van der Waals surface area contributed by atoms with Crippen LogP contribution in [0.5, 0.6) is 0 Å². The van der Waals surface area contributed by atoms with Crippen LogP contribution in [-0.4, -0.2) is 67.9 Å². The topological polar surface area (TPSA) is 58.9 Å². The monoisotopic (exact) mass is 289 g/mol. The molecule has 0 saturated carbocycles. The molecule has 1 aliphatic heterocycles. The molecule has 19 heavy (non-hydrogen) atoms. The molecule has 1 heterocycles. The minimum absolute atomic E-state index is 0.401. The van der Waals surface area contributed by atoms with Gasteiger partial charge in [0.2, 0.25) is 0 Å². The van der Waals surface area contributed by atoms with Crippen LogP contribution in [0.15, 0.2) is 11.2 Å². The van der Waals surface area contributed by atoms with Crippen LogP contribution in [0.2, 0.25) is 0 Å². The quantitative estimate of drug-likeness (QED) is 0.496. The fraction of sp³-hybridized carbons (Fsp3) is 0.833. The Morgan fingerprint density at radius 3 is 2.79 bits per heavy atom. The third-order valence-corrected chi connectivity index (χ3v) is 4.05. The first-order valence-electron chi connectivity index (χ1n) is 6.39. The number of nitro groups is 1. The van der Waals surface area contributed by atoms with E-state index in [0.29, 0.717) is 10.9 Å². The minimum Gasteiger partial charge on any atom is -0.381 e. The van der Waals surface area contributed by atoms with E-state index >= 15 is 0 Å². The van der Waals surface area contributed by atoms with Crippen molar-refractivity contribution < 1.29 is 9.66 Å². The van der Waals surface area contributed by atoms with Crippen LogP contribution in [0.1, 0.15) is 6.42 Å². The lowest BCUT2D eigenvalue weighted by molar-refractivity contribution is -0.403. The zero-order chi connectivity index (χ0) is 14.3. The lowest BCUT2D eigenvalue weighted by Crippen LogP contribution is -2.33. The highest BCUT2D eigenvalue weighted by Crippen LogP contribution is 2.16. The van der Waals surface area contributed by atoms with E-state index in [0.717, 1.165) is 45.5 Å². The summed E-state index contributed by atoms with van der Waals surface area (Å²) in [6, 6.07) is 0. The largest absolute Gasteiger partial charge is 0.381 e. The lowest BCUT2D eigenvalue weighted by Gasteiger charge is -2.25. The predicted molar refractivity (Wildman–Crippen MR) is 77.6 cm³/mol. The molecule has 0 aromatic rings. The van der Waals surface area contributed by atoms with Gasteiger partial charge in [-0.2, -0.15) is 0 Å². The second kappa shape index (κ2) is 8.39. The van der Waals surface area contributed by atoms with E-state index in [2.05, 4.69) is 11.9 Å². The van der Waals surface area contributed by atoms with Gasteiger partial charge in [0.05, 0.1) is 11.5 Å². The lowest BCUT2D eigenvalue weighted by atomic mass is 10.1. The van der Waals surface area contributed by atoms with E-state index in [1.807, 2.05) is 18.2 Å². The number of nitrogens with zero attached hydrogens (tertiary/aromatic N) is 3. The molecule has 0 bridgehead atoms. The number of ether oxygens (including phenoxy) is 1. The van der Waals surface area contributed by atoms with E-state index in [1.165, 1.54) is 11.8 Å². The maximum absolute atomic E-state index is 10.5. The van der Waals surface area contributed by atoms with Gasteiger partial charge in [0, 0.05) is 33.3 Å². The number of thioether (sulfide) groups is 1. The molecule has 0 spiro atoms. The Morgan fingerprint density at radius 1 is 1.53 bits per heavy atom. The van der Waals surface area contributed by atoms with E-state index in [1.54, 1.807) is 0 Å². The summed E-state index contributed by atoms with van der Waals surface area (Å²) in [5, 5.41) is 11.2.